The summed E-state index contributed by atoms with van der Waals surface area (Å²) in [6.07, 6.45) is 0.306. The number of aliphatic hydroxyl groups is 1. The number of methoxy groups -OCH3 is 1. The Balaban J connectivity index is 3.20. The molecule has 1 unspecified atom stereocenters. The molecule has 0 spiro atoms. The van der Waals surface area contributed by atoms with Gasteiger partial charge in [0.1, 0.15) is 0 Å². The number of nitrogens with zero attached hydrogens (tertiary/aromatic N) is 1. The molecule has 9 heteroatoms. The maximum Gasteiger partial charge on any atom is 0.338 e. The lowest BCUT2D eigenvalue weighted by atomic mass is 10.1. The summed E-state index contributed by atoms with van der Waals surface area (Å²) in [5.41, 5.74) is -0.660. The van der Waals surface area contributed by atoms with Crippen molar-refractivity contribution in [3.05, 3.63) is 32.8 Å². The SMILES string of the molecule is COCC(CCO)Nc1c(Cl)cc([N+](=O)[O-])cc1C(=O)O. The Bertz CT molecular complexity index is 531. The van der Waals surface area contributed by atoms with Gasteiger partial charge in [0.2, 0.25) is 0 Å². The van der Waals surface area contributed by atoms with Crippen molar-refractivity contribution in [3.8, 4) is 0 Å². The first-order valence-electron chi connectivity index (χ1n) is 5.98. The second-order valence-electron chi connectivity index (χ2n) is 4.22. The molecular formula is C12H15ClN2O6. The molecule has 1 rings (SSSR count). The predicted molar refractivity (Wildman–Crippen MR) is 76.1 cm³/mol. The van der Waals surface area contributed by atoms with Gasteiger partial charge in [0.05, 0.1) is 33.8 Å². The first kappa shape index (κ1) is 17.2. The number of benzene rings is 1. The lowest BCUT2D eigenvalue weighted by molar-refractivity contribution is -0.384. The number of aromatic carboxylic acids is 1. The number of non-ortho nitro benzene ring substituents is 1. The molecule has 0 amide bonds. The van der Waals surface area contributed by atoms with E-state index in [1.54, 1.807) is 0 Å². The van der Waals surface area contributed by atoms with Crippen LogP contribution in [0.3, 0.4) is 0 Å². The van der Waals surface area contributed by atoms with E-state index in [-0.39, 0.29) is 35.5 Å². The van der Waals surface area contributed by atoms with Gasteiger partial charge in [-0.2, -0.15) is 0 Å². The fraction of sp³-hybridized carbons (Fsp3) is 0.417. The van der Waals surface area contributed by atoms with Crippen molar-refractivity contribution in [2.75, 3.05) is 25.6 Å². The van der Waals surface area contributed by atoms with Gasteiger partial charge in [0, 0.05) is 25.8 Å². The van der Waals surface area contributed by atoms with E-state index in [9.17, 15) is 14.9 Å². The summed E-state index contributed by atoms with van der Waals surface area (Å²) in [6, 6.07) is 1.62. The van der Waals surface area contributed by atoms with Crippen LogP contribution < -0.4 is 5.32 Å². The van der Waals surface area contributed by atoms with Gasteiger partial charge in [-0.3, -0.25) is 10.1 Å². The quantitative estimate of drug-likeness (QED) is 0.493. The summed E-state index contributed by atoms with van der Waals surface area (Å²) >= 11 is 5.93. The highest BCUT2D eigenvalue weighted by molar-refractivity contribution is 6.34. The number of rotatable bonds is 8. The molecule has 1 atom stereocenters. The second kappa shape index (κ2) is 7.77. The number of halogens is 1. The summed E-state index contributed by atoms with van der Waals surface area (Å²) in [7, 11) is 1.46. The molecule has 0 aliphatic rings. The van der Waals surface area contributed by atoms with Crippen LogP contribution in [-0.2, 0) is 4.74 Å². The van der Waals surface area contributed by atoms with Crippen molar-refractivity contribution < 1.29 is 24.7 Å². The lowest BCUT2D eigenvalue weighted by Gasteiger charge is -2.20. The third kappa shape index (κ3) is 4.55. The molecule has 116 valence electrons. The number of nitrogens with one attached hydrogen (secondary N) is 1. The minimum atomic E-state index is -1.34. The maximum absolute atomic E-state index is 11.2. The van der Waals surface area contributed by atoms with E-state index in [4.69, 9.17) is 26.6 Å². The fourth-order valence-corrected chi connectivity index (χ4v) is 2.04. The highest BCUT2D eigenvalue weighted by atomic mass is 35.5. The summed E-state index contributed by atoms with van der Waals surface area (Å²) < 4.78 is 4.96. The molecule has 0 fully saturated rings. The largest absolute Gasteiger partial charge is 0.478 e. The number of aliphatic hydroxyl groups excluding tert-OH is 1. The number of anilines is 1. The number of ether oxygens (including phenoxy) is 1. The van der Waals surface area contributed by atoms with Crippen LogP contribution in [0.25, 0.3) is 0 Å². The zero-order valence-corrected chi connectivity index (χ0v) is 12.0. The van der Waals surface area contributed by atoms with Gasteiger partial charge in [-0.25, -0.2) is 4.79 Å². The molecule has 8 nitrogen and oxygen atoms in total. The van der Waals surface area contributed by atoms with Gasteiger partial charge < -0.3 is 20.3 Å². The van der Waals surface area contributed by atoms with Crippen LogP contribution in [0.4, 0.5) is 11.4 Å². The van der Waals surface area contributed by atoms with Gasteiger partial charge in [-0.05, 0) is 6.42 Å². The number of nitro benzene ring substituents is 1. The molecule has 21 heavy (non-hydrogen) atoms. The van der Waals surface area contributed by atoms with Crippen molar-refractivity contribution in [1.82, 2.24) is 0 Å². The maximum atomic E-state index is 11.2. The van der Waals surface area contributed by atoms with Crippen molar-refractivity contribution in [3.63, 3.8) is 0 Å². The Labute approximate surface area is 125 Å². The average molecular weight is 319 g/mol. The molecular weight excluding hydrogens is 304 g/mol. The highest BCUT2D eigenvalue weighted by Gasteiger charge is 2.22. The Hall–Kier alpha value is -1.90. The predicted octanol–water partition coefficient (Wildman–Crippen LogP) is 1.76. The van der Waals surface area contributed by atoms with Gasteiger partial charge in [-0.1, -0.05) is 11.6 Å². The highest BCUT2D eigenvalue weighted by Crippen LogP contribution is 2.32. The molecule has 0 heterocycles. The van der Waals surface area contributed by atoms with Crippen molar-refractivity contribution in [2.24, 2.45) is 0 Å². The van der Waals surface area contributed by atoms with Gasteiger partial charge in [0.15, 0.2) is 0 Å². The Morgan fingerprint density at radius 3 is 2.71 bits per heavy atom. The molecule has 1 aromatic rings. The van der Waals surface area contributed by atoms with E-state index in [0.717, 1.165) is 12.1 Å². The van der Waals surface area contributed by atoms with E-state index >= 15 is 0 Å². The smallest absolute Gasteiger partial charge is 0.338 e. The first-order valence-corrected chi connectivity index (χ1v) is 6.36. The summed E-state index contributed by atoms with van der Waals surface area (Å²) in [5, 5.41) is 31.6. The standard InChI is InChI=1S/C12H15ClN2O6/c1-21-6-7(2-3-16)14-11-9(12(17)18)4-8(15(19)20)5-10(11)13/h4-5,7,14,16H,2-3,6H2,1H3,(H,17,18). The van der Waals surface area contributed by atoms with Crippen molar-refractivity contribution >= 4 is 28.9 Å². The number of carbonyl (C=O) groups is 1. The molecule has 0 saturated heterocycles. The minimum Gasteiger partial charge on any atom is -0.478 e. The monoisotopic (exact) mass is 318 g/mol. The molecule has 0 radical (unpaired) electrons. The van der Waals surface area contributed by atoms with E-state index < -0.39 is 16.6 Å². The van der Waals surface area contributed by atoms with E-state index in [0.29, 0.717) is 6.42 Å². The third-order valence-electron chi connectivity index (χ3n) is 2.71. The molecule has 0 saturated carbocycles. The topological polar surface area (TPSA) is 122 Å². The second-order valence-corrected chi connectivity index (χ2v) is 4.63. The van der Waals surface area contributed by atoms with Gasteiger partial charge in [-0.15, -0.1) is 0 Å². The van der Waals surface area contributed by atoms with Crippen LogP contribution in [0, 0.1) is 10.1 Å². The summed E-state index contributed by atoms with van der Waals surface area (Å²) in [6.45, 7) is 0.0843. The first-order chi connectivity index (χ1) is 9.90. The summed E-state index contributed by atoms with van der Waals surface area (Å²) in [5.74, 6) is -1.34. The van der Waals surface area contributed by atoms with E-state index in [1.807, 2.05) is 0 Å². The van der Waals surface area contributed by atoms with Crippen molar-refractivity contribution in [1.29, 1.82) is 0 Å². The molecule has 3 N–H and O–H groups in total. The number of carboxylic acids is 1. The molecule has 1 aromatic carbocycles. The summed E-state index contributed by atoms with van der Waals surface area (Å²) in [4.78, 5) is 21.3. The number of carboxylic acid groups (broad SMARTS) is 1. The van der Waals surface area contributed by atoms with E-state index in [1.165, 1.54) is 7.11 Å². The Kier molecular flexibility index (Phi) is 6.35. The number of hydrogen-bond donors (Lipinski definition) is 3. The Morgan fingerprint density at radius 2 is 2.24 bits per heavy atom. The minimum absolute atomic E-state index is 0.0604. The molecule has 0 bridgehead atoms. The number of hydrogen-bond acceptors (Lipinski definition) is 6. The van der Waals surface area contributed by atoms with Crippen molar-refractivity contribution in [2.45, 2.75) is 12.5 Å². The molecule has 0 aromatic heterocycles. The number of nitro groups is 1. The van der Waals surface area contributed by atoms with Crippen LogP contribution in [0.1, 0.15) is 16.8 Å². The van der Waals surface area contributed by atoms with Crippen LogP contribution in [0.15, 0.2) is 12.1 Å². The molecule has 0 aliphatic carbocycles. The zero-order chi connectivity index (χ0) is 16.0. The zero-order valence-electron chi connectivity index (χ0n) is 11.2. The van der Waals surface area contributed by atoms with Gasteiger partial charge >= 0.3 is 5.97 Å². The lowest BCUT2D eigenvalue weighted by Crippen LogP contribution is -2.27. The third-order valence-corrected chi connectivity index (χ3v) is 3.01. The van der Waals surface area contributed by atoms with Crippen LogP contribution in [0.5, 0.6) is 0 Å². The normalized spacial score (nSPS) is 12.0. The van der Waals surface area contributed by atoms with Crippen LogP contribution in [-0.4, -0.2) is 47.5 Å². The molecule has 0 aliphatic heterocycles. The van der Waals surface area contributed by atoms with E-state index in [2.05, 4.69) is 5.32 Å². The fourth-order valence-electron chi connectivity index (χ4n) is 1.77. The van der Waals surface area contributed by atoms with Crippen LogP contribution in [0.2, 0.25) is 5.02 Å². The Morgan fingerprint density at radius 1 is 1.57 bits per heavy atom. The van der Waals surface area contributed by atoms with Crippen LogP contribution >= 0.6 is 11.6 Å². The van der Waals surface area contributed by atoms with Gasteiger partial charge in [0.25, 0.3) is 5.69 Å². The average Bonchev–Trinajstić information content (AvgIpc) is 2.40.